The summed E-state index contributed by atoms with van der Waals surface area (Å²) in [7, 11) is 0. The molecule has 0 bridgehead atoms. The van der Waals surface area contributed by atoms with E-state index in [0.717, 1.165) is 6.42 Å². The zero-order valence-corrected chi connectivity index (χ0v) is 13.0. The standard InChI is InChI=1S/C15H29NO3/c1-11(7-15(3,4)5)6-14(18)16-8-13(9-17)19-10-12(16)2/h11-13,17H,6-10H2,1-5H3. The minimum atomic E-state index is -0.224. The van der Waals surface area contributed by atoms with Crippen LogP contribution in [0.4, 0.5) is 0 Å². The molecule has 1 aliphatic heterocycles. The van der Waals surface area contributed by atoms with Crippen molar-refractivity contribution in [2.75, 3.05) is 19.8 Å². The number of carbonyl (C=O) groups excluding carboxylic acids is 1. The van der Waals surface area contributed by atoms with E-state index < -0.39 is 0 Å². The highest BCUT2D eigenvalue weighted by atomic mass is 16.5. The molecule has 1 amide bonds. The molecule has 112 valence electrons. The van der Waals surface area contributed by atoms with Crippen LogP contribution in [0.3, 0.4) is 0 Å². The fourth-order valence-corrected chi connectivity index (χ4v) is 2.81. The summed E-state index contributed by atoms with van der Waals surface area (Å²) in [5, 5.41) is 9.15. The van der Waals surface area contributed by atoms with Gasteiger partial charge in [-0.25, -0.2) is 0 Å². The molecule has 3 unspecified atom stereocenters. The van der Waals surface area contributed by atoms with E-state index in [0.29, 0.717) is 25.5 Å². The molecule has 1 aliphatic rings. The van der Waals surface area contributed by atoms with Gasteiger partial charge in [0.05, 0.1) is 25.4 Å². The van der Waals surface area contributed by atoms with Crippen molar-refractivity contribution in [3.05, 3.63) is 0 Å². The number of ether oxygens (including phenoxy) is 1. The number of hydrogen-bond donors (Lipinski definition) is 1. The third-order valence-electron chi connectivity index (χ3n) is 3.51. The van der Waals surface area contributed by atoms with E-state index in [1.54, 1.807) is 0 Å². The average Bonchev–Trinajstić information content (AvgIpc) is 2.26. The number of rotatable bonds is 4. The molecular weight excluding hydrogens is 242 g/mol. The average molecular weight is 271 g/mol. The number of amides is 1. The molecule has 3 atom stereocenters. The Balaban J connectivity index is 2.51. The number of nitrogens with zero attached hydrogens (tertiary/aromatic N) is 1. The molecule has 0 aromatic carbocycles. The summed E-state index contributed by atoms with van der Waals surface area (Å²) in [5.41, 5.74) is 0.254. The van der Waals surface area contributed by atoms with Gasteiger partial charge in [0.15, 0.2) is 0 Å². The lowest BCUT2D eigenvalue weighted by Gasteiger charge is -2.38. The van der Waals surface area contributed by atoms with Gasteiger partial charge < -0.3 is 14.7 Å². The highest BCUT2D eigenvalue weighted by molar-refractivity contribution is 5.76. The molecule has 0 spiro atoms. The fraction of sp³-hybridized carbons (Fsp3) is 0.933. The summed E-state index contributed by atoms with van der Waals surface area (Å²) in [6.45, 7) is 11.8. The van der Waals surface area contributed by atoms with Gasteiger partial charge in [0.25, 0.3) is 0 Å². The van der Waals surface area contributed by atoms with Gasteiger partial charge in [0.1, 0.15) is 0 Å². The monoisotopic (exact) mass is 271 g/mol. The first-order valence-electron chi connectivity index (χ1n) is 7.25. The van der Waals surface area contributed by atoms with Crippen LogP contribution in [-0.2, 0) is 9.53 Å². The molecule has 1 saturated heterocycles. The van der Waals surface area contributed by atoms with Gasteiger partial charge in [-0.15, -0.1) is 0 Å². The molecule has 0 aromatic heterocycles. The van der Waals surface area contributed by atoms with Gasteiger partial charge in [-0.1, -0.05) is 27.7 Å². The maximum atomic E-state index is 12.4. The van der Waals surface area contributed by atoms with Crippen LogP contribution in [0.25, 0.3) is 0 Å². The zero-order chi connectivity index (χ0) is 14.6. The largest absolute Gasteiger partial charge is 0.394 e. The Morgan fingerprint density at radius 3 is 2.63 bits per heavy atom. The maximum absolute atomic E-state index is 12.4. The van der Waals surface area contributed by atoms with Crippen LogP contribution in [0.5, 0.6) is 0 Å². The van der Waals surface area contributed by atoms with Crippen molar-refractivity contribution in [3.8, 4) is 0 Å². The predicted molar refractivity (Wildman–Crippen MR) is 75.9 cm³/mol. The number of hydrogen-bond acceptors (Lipinski definition) is 3. The molecule has 4 heteroatoms. The van der Waals surface area contributed by atoms with E-state index in [4.69, 9.17) is 9.84 Å². The van der Waals surface area contributed by atoms with E-state index in [1.165, 1.54) is 0 Å². The van der Waals surface area contributed by atoms with E-state index in [9.17, 15) is 4.79 Å². The Labute approximate surface area is 117 Å². The van der Waals surface area contributed by atoms with Gasteiger partial charge in [0.2, 0.25) is 5.91 Å². The van der Waals surface area contributed by atoms with Crippen LogP contribution in [-0.4, -0.2) is 47.8 Å². The maximum Gasteiger partial charge on any atom is 0.223 e. The lowest BCUT2D eigenvalue weighted by molar-refractivity contribution is -0.147. The number of morpholine rings is 1. The summed E-state index contributed by atoms with van der Waals surface area (Å²) >= 11 is 0. The van der Waals surface area contributed by atoms with Gasteiger partial charge in [0, 0.05) is 13.0 Å². The molecule has 19 heavy (non-hydrogen) atoms. The Morgan fingerprint density at radius 1 is 1.47 bits per heavy atom. The van der Waals surface area contributed by atoms with E-state index in [1.807, 2.05) is 11.8 Å². The third kappa shape index (κ3) is 5.49. The molecule has 0 aliphatic carbocycles. The second-order valence-electron chi connectivity index (χ2n) is 7.11. The molecule has 0 saturated carbocycles. The minimum absolute atomic E-state index is 0.0198. The SMILES string of the molecule is CC(CC(=O)N1CC(CO)OCC1C)CC(C)(C)C. The second-order valence-corrected chi connectivity index (χ2v) is 7.11. The summed E-state index contributed by atoms with van der Waals surface area (Å²) in [5.74, 6) is 0.570. The lowest BCUT2D eigenvalue weighted by atomic mass is 9.84. The summed E-state index contributed by atoms with van der Waals surface area (Å²) in [4.78, 5) is 14.2. The van der Waals surface area contributed by atoms with Gasteiger partial charge in [-0.05, 0) is 24.7 Å². The minimum Gasteiger partial charge on any atom is -0.394 e. The summed E-state index contributed by atoms with van der Waals surface area (Å²) < 4.78 is 5.46. The predicted octanol–water partition coefficient (Wildman–Crippen LogP) is 2.06. The van der Waals surface area contributed by atoms with Crippen molar-refractivity contribution < 1.29 is 14.6 Å². The zero-order valence-electron chi connectivity index (χ0n) is 13.0. The van der Waals surface area contributed by atoms with Crippen molar-refractivity contribution in [2.45, 2.75) is 59.6 Å². The third-order valence-corrected chi connectivity index (χ3v) is 3.51. The first-order chi connectivity index (χ1) is 8.73. The van der Waals surface area contributed by atoms with Gasteiger partial charge >= 0.3 is 0 Å². The summed E-state index contributed by atoms with van der Waals surface area (Å²) in [6, 6.07) is 0.108. The fourth-order valence-electron chi connectivity index (χ4n) is 2.81. The lowest BCUT2D eigenvalue weighted by Crippen LogP contribution is -2.52. The van der Waals surface area contributed by atoms with Crippen molar-refractivity contribution >= 4 is 5.91 Å². The molecule has 1 heterocycles. The molecule has 4 nitrogen and oxygen atoms in total. The van der Waals surface area contributed by atoms with Crippen molar-refractivity contribution in [1.82, 2.24) is 4.90 Å². The number of carbonyl (C=O) groups is 1. The Bertz CT molecular complexity index is 298. The van der Waals surface area contributed by atoms with Gasteiger partial charge in [-0.2, -0.15) is 0 Å². The van der Waals surface area contributed by atoms with E-state index in [-0.39, 0.29) is 30.1 Å². The summed E-state index contributed by atoms with van der Waals surface area (Å²) in [6.07, 6.45) is 1.40. The van der Waals surface area contributed by atoms with Crippen LogP contribution in [0, 0.1) is 11.3 Å². The molecule has 0 aromatic rings. The van der Waals surface area contributed by atoms with E-state index >= 15 is 0 Å². The van der Waals surface area contributed by atoms with Crippen molar-refractivity contribution in [2.24, 2.45) is 11.3 Å². The smallest absolute Gasteiger partial charge is 0.223 e. The van der Waals surface area contributed by atoms with Crippen LogP contribution in [0.2, 0.25) is 0 Å². The Kier molecular flexibility index (Phi) is 5.81. The van der Waals surface area contributed by atoms with Crippen LogP contribution in [0.15, 0.2) is 0 Å². The molecule has 1 N–H and O–H groups in total. The molecule has 0 radical (unpaired) electrons. The molecule has 1 rings (SSSR count). The molecule has 1 fully saturated rings. The van der Waals surface area contributed by atoms with E-state index in [2.05, 4.69) is 27.7 Å². The van der Waals surface area contributed by atoms with Crippen molar-refractivity contribution in [3.63, 3.8) is 0 Å². The van der Waals surface area contributed by atoms with Crippen molar-refractivity contribution in [1.29, 1.82) is 0 Å². The van der Waals surface area contributed by atoms with Crippen LogP contribution in [0.1, 0.15) is 47.5 Å². The topological polar surface area (TPSA) is 49.8 Å². The Morgan fingerprint density at radius 2 is 2.11 bits per heavy atom. The first kappa shape index (κ1) is 16.4. The second kappa shape index (κ2) is 6.71. The first-order valence-corrected chi connectivity index (χ1v) is 7.25. The normalized spacial score (nSPS) is 26.3. The highest BCUT2D eigenvalue weighted by Crippen LogP contribution is 2.27. The van der Waals surface area contributed by atoms with Gasteiger partial charge in [-0.3, -0.25) is 4.79 Å². The molecular formula is C15H29NO3. The number of aliphatic hydroxyl groups is 1. The Hall–Kier alpha value is -0.610. The number of aliphatic hydroxyl groups excluding tert-OH is 1. The quantitative estimate of drug-likeness (QED) is 0.851. The van der Waals surface area contributed by atoms with Crippen LogP contribution >= 0.6 is 0 Å². The van der Waals surface area contributed by atoms with Crippen LogP contribution < -0.4 is 0 Å². The highest BCUT2D eigenvalue weighted by Gasteiger charge is 2.30.